The zero-order valence-electron chi connectivity index (χ0n) is 7.53. The molecule has 0 saturated heterocycles. The Balaban J connectivity index is 2.76. The number of methoxy groups -OCH3 is 1. The molecule has 0 aromatic carbocycles. The minimum atomic E-state index is 0.0593. The van der Waals surface area contributed by atoms with Crippen LogP contribution in [0.2, 0.25) is 0 Å². The molecule has 4 nitrogen and oxygen atoms in total. The highest BCUT2D eigenvalue weighted by molar-refractivity contribution is 5.35. The molecule has 13 heavy (non-hydrogen) atoms. The first-order valence-electron chi connectivity index (χ1n) is 3.92. The maximum absolute atomic E-state index is 9.36. The highest BCUT2D eigenvalue weighted by atomic mass is 16.5. The van der Waals surface area contributed by atoms with Crippen molar-refractivity contribution in [3.63, 3.8) is 0 Å². The summed E-state index contributed by atoms with van der Waals surface area (Å²) in [4.78, 5) is 7.63. The van der Waals surface area contributed by atoms with Crippen LogP contribution >= 0.6 is 0 Å². The van der Waals surface area contributed by atoms with E-state index in [1.54, 1.807) is 12.3 Å². The molecule has 0 radical (unpaired) electrons. The van der Waals surface area contributed by atoms with E-state index in [9.17, 15) is 5.11 Å². The molecule has 1 aromatic rings. The first-order chi connectivity index (χ1) is 6.27. The van der Waals surface area contributed by atoms with Crippen molar-refractivity contribution in [1.29, 1.82) is 0 Å². The first-order valence-corrected chi connectivity index (χ1v) is 3.92. The summed E-state index contributed by atoms with van der Waals surface area (Å²) in [5, 5.41) is 9.36. The van der Waals surface area contributed by atoms with Gasteiger partial charge in [-0.2, -0.15) is 0 Å². The monoisotopic (exact) mass is 180 g/mol. The summed E-state index contributed by atoms with van der Waals surface area (Å²) in [5.74, 6) is 0.305. The van der Waals surface area contributed by atoms with E-state index >= 15 is 0 Å². The number of pyridine rings is 1. The Morgan fingerprint density at radius 2 is 2.46 bits per heavy atom. The number of aliphatic imine (C=N–C) groups is 1. The lowest BCUT2D eigenvalue weighted by Gasteiger charge is -2.03. The van der Waals surface area contributed by atoms with E-state index in [4.69, 9.17) is 4.74 Å². The van der Waals surface area contributed by atoms with Gasteiger partial charge in [-0.25, -0.2) is 4.98 Å². The standard InChI is InChI=1S/C9H12N2O2/c1-10-4-3-7-5-8(12)9(13-2)11-6-7/h5-6,12H,1,3-4H2,2H3. The minimum Gasteiger partial charge on any atom is -0.503 e. The molecular formula is C9H12N2O2. The predicted octanol–water partition coefficient (Wildman–Crippen LogP) is 1.04. The van der Waals surface area contributed by atoms with Crippen LogP contribution in [0.3, 0.4) is 0 Å². The summed E-state index contributed by atoms with van der Waals surface area (Å²) in [6.45, 7) is 4.01. The largest absolute Gasteiger partial charge is 0.503 e. The van der Waals surface area contributed by atoms with Crippen LogP contribution in [0.15, 0.2) is 17.3 Å². The fourth-order valence-corrected chi connectivity index (χ4v) is 0.984. The Bertz CT molecular complexity index is 300. The second-order valence-electron chi connectivity index (χ2n) is 2.57. The SMILES string of the molecule is C=NCCc1cnc(OC)c(O)c1. The molecule has 0 fully saturated rings. The van der Waals surface area contributed by atoms with Crippen LogP contribution in [0.4, 0.5) is 0 Å². The van der Waals surface area contributed by atoms with Crippen molar-refractivity contribution in [2.24, 2.45) is 4.99 Å². The molecule has 0 unspecified atom stereocenters. The molecule has 1 heterocycles. The van der Waals surface area contributed by atoms with Crippen molar-refractivity contribution in [3.8, 4) is 11.6 Å². The molecule has 0 aliphatic carbocycles. The normalized spacial score (nSPS) is 9.62. The zero-order chi connectivity index (χ0) is 9.68. The molecule has 0 bridgehead atoms. The molecule has 70 valence electrons. The maximum Gasteiger partial charge on any atom is 0.256 e. The van der Waals surface area contributed by atoms with E-state index in [0.29, 0.717) is 6.54 Å². The molecule has 1 rings (SSSR count). The molecule has 0 aliphatic heterocycles. The van der Waals surface area contributed by atoms with Crippen molar-refractivity contribution < 1.29 is 9.84 Å². The number of rotatable bonds is 4. The number of ether oxygens (including phenoxy) is 1. The van der Waals surface area contributed by atoms with E-state index in [2.05, 4.69) is 16.7 Å². The quantitative estimate of drug-likeness (QED) is 0.704. The van der Waals surface area contributed by atoms with Crippen molar-refractivity contribution in [2.75, 3.05) is 13.7 Å². The van der Waals surface area contributed by atoms with E-state index in [1.165, 1.54) is 7.11 Å². The van der Waals surface area contributed by atoms with Crippen LogP contribution in [0.1, 0.15) is 5.56 Å². The fraction of sp³-hybridized carbons (Fsp3) is 0.333. The summed E-state index contributed by atoms with van der Waals surface area (Å²) < 4.78 is 4.81. The molecule has 1 aromatic heterocycles. The molecule has 0 aliphatic rings. The Morgan fingerprint density at radius 3 is 3.00 bits per heavy atom. The van der Waals surface area contributed by atoms with Gasteiger partial charge in [-0.3, -0.25) is 0 Å². The zero-order valence-corrected chi connectivity index (χ0v) is 7.53. The molecule has 0 amide bonds. The van der Waals surface area contributed by atoms with Crippen LogP contribution in [0.25, 0.3) is 0 Å². The predicted molar refractivity (Wildman–Crippen MR) is 50.6 cm³/mol. The van der Waals surface area contributed by atoms with Gasteiger partial charge in [-0.05, 0) is 24.8 Å². The molecule has 0 saturated carbocycles. The van der Waals surface area contributed by atoms with Crippen LogP contribution < -0.4 is 4.74 Å². The first kappa shape index (κ1) is 9.51. The average Bonchev–Trinajstić information content (AvgIpc) is 2.15. The van der Waals surface area contributed by atoms with Crippen LogP contribution in [0.5, 0.6) is 11.6 Å². The van der Waals surface area contributed by atoms with Gasteiger partial charge in [0.05, 0.1) is 7.11 Å². The molecule has 0 atom stereocenters. The van der Waals surface area contributed by atoms with Crippen molar-refractivity contribution in [3.05, 3.63) is 17.8 Å². The third kappa shape index (κ3) is 2.43. The second kappa shape index (κ2) is 4.45. The lowest BCUT2D eigenvalue weighted by atomic mass is 10.2. The topological polar surface area (TPSA) is 54.7 Å². The van der Waals surface area contributed by atoms with E-state index < -0.39 is 0 Å². The van der Waals surface area contributed by atoms with Gasteiger partial charge in [-0.15, -0.1) is 0 Å². The van der Waals surface area contributed by atoms with E-state index in [1.807, 2.05) is 0 Å². The Morgan fingerprint density at radius 1 is 1.69 bits per heavy atom. The van der Waals surface area contributed by atoms with E-state index in [0.717, 1.165) is 12.0 Å². The number of nitrogens with zero attached hydrogens (tertiary/aromatic N) is 2. The van der Waals surface area contributed by atoms with Gasteiger partial charge in [0.25, 0.3) is 5.88 Å². The van der Waals surface area contributed by atoms with Gasteiger partial charge in [0.1, 0.15) is 0 Å². The van der Waals surface area contributed by atoms with E-state index in [-0.39, 0.29) is 11.6 Å². The van der Waals surface area contributed by atoms with Gasteiger partial charge < -0.3 is 14.8 Å². The lowest BCUT2D eigenvalue weighted by molar-refractivity contribution is 0.358. The summed E-state index contributed by atoms with van der Waals surface area (Å²) in [7, 11) is 1.47. The van der Waals surface area contributed by atoms with Crippen molar-refractivity contribution in [1.82, 2.24) is 4.98 Å². The van der Waals surface area contributed by atoms with Crippen LogP contribution in [0, 0.1) is 0 Å². The highest BCUT2D eigenvalue weighted by Gasteiger charge is 2.03. The summed E-state index contributed by atoms with van der Waals surface area (Å²) in [5.41, 5.74) is 0.922. The number of aromatic hydroxyl groups is 1. The van der Waals surface area contributed by atoms with Gasteiger partial charge in [0.2, 0.25) is 0 Å². The summed E-state index contributed by atoms with van der Waals surface area (Å²) >= 11 is 0. The van der Waals surface area contributed by atoms with Gasteiger partial charge >= 0.3 is 0 Å². The van der Waals surface area contributed by atoms with Gasteiger partial charge in [-0.1, -0.05) is 0 Å². The smallest absolute Gasteiger partial charge is 0.256 e. The summed E-state index contributed by atoms with van der Waals surface area (Å²) in [6, 6.07) is 1.62. The Labute approximate surface area is 76.9 Å². The number of hydrogen-bond acceptors (Lipinski definition) is 4. The highest BCUT2D eigenvalue weighted by Crippen LogP contribution is 2.22. The third-order valence-electron chi connectivity index (χ3n) is 1.64. The average molecular weight is 180 g/mol. The van der Waals surface area contributed by atoms with Crippen molar-refractivity contribution in [2.45, 2.75) is 6.42 Å². The number of hydrogen-bond donors (Lipinski definition) is 1. The minimum absolute atomic E-state index is 0.0593. The molecule has 1 N–H and O–H groups in total. The Hall–Kier alpha value is -1.58. The lowest BCUT2D eigenvalue weighted by Crippen LogP contribution is -1.93. The van der Waals surface area contributed by atoms with Crippen molar-refractivity contribution >= 4 is 6.72 Å². The number of aromatic nitrogens is 1. The molecular weight excluding hydrogens is 168 g/mol. The van der Waals surface area contributed by atoms with Crippen LogP contribution in [-0.4, -0.2) is 30.5 Å². The second-order valence-corrected chi connectivity index (χ2v) is 2.57. The van der Waals surface area contributed by atoms with Gasteiger partial charge in [0.15, 0.2) is 5.75 Å². The maximum atomic E-state index is 9.36. The Kier molecular flexibility index (Phi) is 3.25. The molecule has 4 heteroatoms. The fourth-order valence-electron chi connectivity index (χ4n) is 0.984. The third-order valence-corrected chi connectivity index (χ3v) is 1.64. The van der Waals surface area contributed by atoms with Crippen LogP contribution in [-0.2, 0) is 6.42 Å². The summed E-state index contributed by atoms with van der Waals surface area (Å²) in [6.07, 6.45) is 2.39. The molecule has 0 spiro atoms. The van der Waals surface area contributed by atoms with Gasteiger partial charge in [0, 0.05) is 12.7 Å².